The van der Waals surface area contributed by atoms with Crippen LogP contribution in [0.4, 0.5) is 0 Å². The third-order valence-electron chi connectivity index (χ3n) is 2.51. The molecule has 0 aliphatic heterocycles. The van der Waals surface area contributed by atoms with E-state index in [4.69, 9.17) is 0 Å². The summed E-state index contributed by atoms with van der Waals surface area (Å²) in [6.45, 7) is 7.67. The monoisotopic (exact) mass is 221 g/mol. The molecule has 3 nitrogen and oxygen atoms in total. The molecule has 2 unspecified atom stereocenters. The van der Waals surface area contributed by atoms with Gasteiger partial charge in [-0.05, 0) is 26.3 Å². The molecule has 4 heteroatoms. The van der Waals surface area contributed by atoms with E-state index < -0.39 is 9.84 Å². The van der Waals surface area contributed by atoms with Crippen molar-refractivity contribution in [2.75, 3.05) is 12.8 Å². The van der Waals surface area contributed by atoms with E-state index in [0.29, 0.717) is 0 Å². The highest BCUT2D eigenvalue weighted by Gasteiger charge is 2.27. The van der Waals surface area contributed by atoms with Gasteiger partial charge in [0.25, 0.3) is 0 Å². The predicted octanol–water partition coefficient (Wildman–Crippen LogP) is 1.44. The fourth-order valence-corrected chi connectivity index (χ4v) is 3.70. The van der Waals surface area contributed by atoms with Crippen LogP contribution in [-0.4, -0.2) is 32.5 Å². The van der Waals surface area contributed by atoms with E-state index in [0.717, 1.165) is 6.42 Å². The maximum Gasteiger partial charge on any atom is 0.154 e. The van der Waals surface area contributed by atoms with Gasteiger partial charge < -0.3 is 5.32 Å². The molecule has 86 valence electrons. The molecule has 0 aromatic carbocycles. The molecule has 0 rings (SSSR count). The summed E-state index contributed by atoms with van der Waals surface area (Å²) in [5.74, 6) is 0.489. The Balaban J connectivity index is 4.56. The molecule has 0 aromatic heterocycles. The van der Waals surface area contributed by atoms with Crippen LogP contribution in [0.3, 0.4) is 0 Å². The zero-order valence-electron chi connectivity index (χ0n) is 9.87. The molecule has 0 saturated carbocycles. The van der Waals surface area contributed by atoms with Gasteiger partial charge in [-0.3, -0.25) is 0 Å². The molecule has 2 atom stereocenters. The van der Waals surface area contributed by atoms with Crippen molar-refractivity contribution in [2.24, 2.45) is 5.92 Å². The normalized spacial score (nSPS) is 17.0. The van der Waals surface area contributed by atoms with Crippen LogP contribution in [0.5, 0.6) is 0 Å². The minimum absolute atomic E-state index is 0.0683. The highest BCUT2D eigenvalue weighted by molar-refractivity contribution is 7.92. The first-order valence-corrected chi connectivity index (χ1v) is 6.95. The molecule has 0 saturated heterocycles. The molecule has 0 amide bonds. The lowest BCUT2D eigenvalue weighted by atomic mass is 10.2. The summed E-state index contributed by atoms with van der Waals surface area (Å²) in [5, 5.41) is 2.76. The van der Waals surface area contributed by atoms with Crippen LogP contribution in [0, 0.1) is 5.92 Å². The standard InChI is InChI=1S/C10H23NO2S/c1-6-10(11-5)9(4)14(12,13)7-8(2)3/h8-11H,6-7H2,1-5H3. The van der Waals surface area contributed by atoms with E-state index in [9.17, 15) is 8.42 Å². The Morgan fingerprint density at radius 2 is 1.71 bits per heavy atom. The molecule has 0 aromatic rings. The Kier molecular flexibility index (Phi) is 5.67. The van der Waals surface area contributed by atoms with Crippen LogP contribution in [0.2, 0.25) is 0 Å². The Morgan fingerprint density at radius 3 is 2.00 bits per heavy atom. The third kappa shape index (κ3) is 3.96. The van der Waals surface area contributed by atoms with Gasteiger partial charge in [0.05, 0.1) is 11.0 Å². The summed E-state index contributed by atoms with van der Waals surface area (Å²) in [6.07, 6.45) is 0.842. The van der Waals surface area contributed by atoms with E-state index >= 15 is 0 Å². The average molecular weight is 221 g/mol. The van der Waals surface area contributed by atoms with Gasteiger partial charge in [-0.15, -0.1) is 0 Å². The average Bonchev–Trinajstić information content (AvgIpc) is 2.04. The van der Waals surface area contributed by atoms with Crippen molar-refractivity contribution < 1.29 is 8.42 Å². The zero-order chi connectivity index (χ0) is 11.4. The maximum absolute atomic E-state index is 11.9. The highest BCUT2D eigenvalue weighted by Crippen LogP contribution is 2.12. The van der Waals surface area contributed by atoms with Crippen molar-refractivity contribution in [3.63, 3.8) is 0 Å². The molecule has 0 heterocycles. The molecule has 0 fully saturated rings. The van der Waals surface area contributed by atoms with Crippen molar-refractivity contribution in [2.45, 2.75) is 45.4 Å². The topological polar surface area (TPSA) is 46.2 Å². The number of hydrogen-bond donors (Lipinski definition) is 1. The number of hydrogen-bond acceptors (Lipinski definition) is 3. The molecule has 0 aliphatic carbocycles. The van der Waals surface area contributed by atoms with Gasteiger partial charge in [0.15, 0.2) is 9.84 Å². The summed E-state index contributed by atoms with van der Waals surface area (Å²) in [5.41, 5.74) is 0. The predicted molar refractivity (Wildman–Crippen MR) is 61.2 cm³/mol. The lowest BCUT2D eigenvalue weighted by molar-refractivity contribution is 0.500. The summed E-state index contributed by atoms with van der Waals surface area (Å²) in [7, 11) is -1.13. The van der Waals surface area contributed by atoms with Crippen LogP contribution in [0.15, 0.2) is 0 Å². The van der Waals surface area contributed by atoms with Crippen LogP contribution >= 0.6 is 0 Å². The SMILES string of the molecule is CCC(NC)C(C)S(=O)(=O)CC(C)C. The fourth-order valence-electron chi connectivity index (χ4n) is 1.64. The Labute approximate surface area is 88.2 Å². The summed E-state index contributed by atoms with van der Waals surface area (Å²) in [4.78, 5) is 0. The third-order valence-corrected chi connectivity index (χ3v) is 5.10. The van der Waals surface area contributed by atoms with Gasteiger partial charge in [0.1, 0.15) is 0 Å². The Bertz CT molecular complexity index is 243. The lowest BCUT2D eigenvalue weighted by Crippen LogP contribution is -2.41. The zero-order valence-corrected chi connectivity index (χ0v) is 10.7. The number of sulfone groups is 1. The second-order valence-electron chi connectivity index (χ2n) is 4.23. The number of nitrogens with one attached hydrogen (secondary N) is 1. The van der Waals surface area contributed by atoms with E-state index in [1.165, 1.54) is 0 Å². The van der Waals surface area contributed by atoms with E-state index in [1.54, 1.807) is 6.92 Å². The van der Waals surface area contributed by atoms with E-state index in [2.05, 4.69) is 5.32 Å². The van der Waals surface area contributed by atoms with Crippen molar-refractivity contribution >= 4 is 9.84 Å². The van der Waals surface area contributed by atoms with Crippen LogP contribution < -0.4 is 5.32 Å². The first-order valence-electron chi connectivity index (χ1n) is 5.24. The Morgan fingerprint density at radius 1 is 1.21 bits per heavy atom. The lowest BCUT2D eigenvalue weighted by Gasteiger charge is -2.23. The van der Waals surface area contributed by atoms with Crippen molar-refractivity contribution in [1.82, 2.24) is 5.32 Å². The quantitative estimate of drug-likeness (QED) is 0.738. The second kappa shape index (κ2) is 5.71. The van der Waals surface area contributed by atoms with Crippen LogP contribution in [0.25, 0.3) is 0 Å². The Hall–Kier alpha value is -0.0900. The first kappa shape index (κ1) is 13.9. The minimum Gasteiger partial charge on any atom is -0.316 e. The van der Waals surface area contributed by atoms with Crippen molar-refractivity contribution in [1.29, 1.82) is 0 Å². The summed E-state index contributed by atoms with van der Waals surface area (Å²) in [6, 6.07) is 0.0683. The smallest absolute Gasteiger partial charge is 0.154 e. The molecule has 0 bridgehead atoms. The number of rotatable bonds is 6. The maximum atomic E-state index is 11.9. The first-order chi connectivity index (χ1) is 6.35. The van der Waals surface area contributed by atoms with Gasteiger partial charge in [0, 0.05) is 6.04 Å². The van der Waals surface area contributed by atoms with E-state index in [-0.39, 0.29) is 23.0 Å². The molecular formula is C10H23NO2S. The van der Waals surface area contributed by atoms with Gasteiger partial charge in [0.2, 0.25) is 0 Å². The highest BCUT2D eigenvalue weighted by atomic mass is 32.2. The molecule has 0 radical (unpaired) electrons. The van der Waals surface area contributed by atoms with Crippen LogP contribution in [0.1, 0.15) is 34.1 Å². The van der Waals surface area contributed by atoms with Gasteiger partial charge in [-0.25, -0.2) is 8.42 Å². The fraction of sp³-hybridized carbons (Fsp3) is 1.00. The van der Waals surface area contributed by atoms with Gasteiger partial charge >= 0.3 is 0 Å². The summed E-state index contributed by atoms with van der Waals surface area (Å²) < 4.78 is 23.7. The van der Waals surface area contributed by atoms with Gasteiger partial charge in [-0.1, -0.05) is 20.8 Å². The largest absolute Gasteiger partial charge is 0.316 e. The summed E-state index contributed by atoms with van der Waals surface area (Å²) >= 11 is 0. The van der Waals surface area contributed by atoms with Gasteiger partial charge in [-0.2, -0.15) is 0 Å². The van der Waals surface area contributed by atoms with Crippen molar-refractivity contribution in [3.8, 4) is 0 Å². The molecular weight excluding hydrogens is 198 g/mol. The molecule has 1 N–H and O–H groups in total. The molecule has 0 spiro atoms. The van der Waals surface area contributed by atoms with Crippen LogP contribution in [-0.2, 0) is 9.84 Å². The minimum atomic E-state index is -2.95. The molecule has 14 heavy (non-hydrogen) atoms. The van der Waals surface area contributed by atoms with E-state index in [1.807, 2.05) is 27.8 Å². The molecule has 0 aliphatic rings. The van der Waals surface area contributed by atoms with Crippen molar-refractivity contribution in [3.05, 3.63) is 0 Å². The second-order valence-corrected chi connectivity index (χ2v) is 6.63.